The Morgan fingerprint density at radius 1 is 1.38 bits per heavy atom. The van der Waals surface area contributed by atoms with E-state index in [9.17, 15) is 4.79 Å². The van der Waals surface area contributed by atoms with Gasteiger partial charge in [0, 0.05) is 18.4 Å². The molecule has 1 aliphatic carbocycles. The molecule has 3 rings (SSSR count). The Bertz CT molecular complexity index is 457. The number of carbonyl (C=O) groups is 1. The van der Waals surface area contributed by atoms with Crippen molar-refractivity contribution in [2.45, 2.75) is 57.6 Å². The summed E-state index contributed by atoms with van der Waals surface area (Å²) >= 11 is 0. The first-order valence-electron chi connectivity index (χ1n) is 8.28. The van der Waals surface area contributed by atoms with E-state index in [-0.39, 0.29) is 24.7 Å². The van der Waals surface area contributed by atoms with Crippen LogP contribution >= 0.6 is 0 Å². The molecule has 1 amide bonds. The predicted octanol–water partition coefficient (Wildman–Crippen LogP) is 3.27. The van der Waals surface area contributed by atoms with Gasteiger partial charge in [0.05, 0.1) is 12.1 Å². The number of nitrogens with one attached hydrogen (secondary N) is 1. The van der Waals surface area contributed by atoms with Crippen molar-refractivity contribution in [1.29, 1.82) is 0 Å². The fourth-order valence-electron chi connectivity index (χ4n) is 3.74. The molecular weight excluding hydrogens is 264 g/mol. The van der Waals surface area contributed by atoms with Gasteiger partial charge in [0.2, 0.25) is 5.91 Å². The highest BCUT2D eigenvalue weighted by molar-refractivity contribution is 5.78. The van der Waals surface area contributed by atoms with E-state index in [1.165, 1.54) is 12.8 Å². The summed E-state index contributed by atoms with van der Waals surface area (Å²) in [6.45, 7) is 3.38. The van der Waals surface area contributed by atoms with Crippen LogP contribution in [0.5, 0.6) is 0 Å². The zero-order valence-electron chi connectivity index (χ0n) is 12.9. The minimum Gasteiger partial charge on any atom is -0.368 e. The molecule has 1 saturated heterocycles. The fraction of sp³-hybridized carbons (Fsp3) is 0.706. The lowest BCUT2D eigenvalue weighted by molar-refractivity contribution is -0.140. The van der Waals surface area contributed by atoms with Crippen LogP contribution in [0.2, 0.25) is 0 Å². The topological polar surface area (TPSA) is 45.3 Å². The van der Waals surface area contributed by atoms with Crippen LogP contribution in [-0.4, -0.2) is 35.0 Å². The maximum absolute atomic E-state index is 12.5. The smallest absolute Gasteiger partial charge is 0.249 e. The van der Waals surface area contributed by atoms with Crippen LogP contribution in [0.15, 0.2) is 18.3 Å². The first-order chi connectivity index (χ1) is 10.2. The summed E-state index contributed by atoms with van der Waals surface area (Å²) in [5, 5.41) is 0. The number of ether oxygens (including phenoxy) is 1. The minimum absolute atomic E-state index is 0.144. The number of H-pyrrole nitrogens is 1. The molecule has 2 aliphatic rings. The summed E-state index contributed by atoms with van der Waals surface area (Å²) in [5.41, 5.74) is 1.15. The normalized spacial score (nSPS) is 29.8. The Balaban J connectivity index is 1.52. The van der Waals surface area contributed by atoms with Gasteiger partial charge in [-0.25, -0.2) is 0 Å². The Labute approximate surface area is 126 Å². The largest absolute Gasteiger partial charge is 0.368 e. The van der Waals surface area contributed by atoms with Gasteiger partial charge in [0.1, 0.15) is 6.61 Å². The van der Waals surface area contributed by atoms with Crippen molar-refractivity contribution in [2.75, 3.05) is 13.2 Å². The lowest BCUT2D eigenvalue weighted by Gasteiger charge is -2.28. The maximum Gasteiger partial charge on any atom is 0.249 e. The quantitative estimate of drug-likeness (QED) is 0.925. The average molecular weight is 290 g/mol. The lowest BCUT2D eigenvalue weighted by atomic mass is 9.89. The van der Waals surface area contributed by atoms with Crippen LogP contribution in [0, 0.1) is 5.92 Å². The summed E-state index contributed by atoms with van der Waals surface area (Å²) in [6.07, 6.45) is 9.08. The number of aromatic amines is 1. The molecule has 0 aromatic carbocycles. The molecule has 1 aromatic rings. The molecule has 3 atom stereocenters. The van der Waals surface area contributed by atoms with E-state index in [2.05, 4.69) is 18.0 Å². The maximum atomic E-state index is 12.5. The van der Waals surface area contributed by atoms with Crippen molar-refractivity contribution in [1.82, 2.24) is 9.88 Å². The number of aromatic nitrogens is 1. The van der Waals surface area contributed by atoms with Gasteiger partial charge < -0.3 is 14.6 Å². The van der Waals surface area contributed by atoms with E-state index in [1.807, 2.05) is 17.2 Å². The molecule has 1 N–H and O–H groups in total. The van der Waals surface area contributed by atoms with Gasteiger partial charge in [0.25, 0.3) is 0 Å². The highest BCUT2D eigenvalue weighted by Crippen LogP contribution is 2.31. The SMILES string of the molecule is C[C@@H]1CCC[C@@H](OCC(=O)N2CCC[C@H]2c2ccc[nH]2)C1. The van der Waals surface area contributed by atoms with Crippen LogP contribution in [0.4, 0.5) is 0 Å². The Hall–Kier alpha value is -1.29. The molecule has 2 heterocycles. The zero-order chi connectivity index (χ0) is 14.7. The third-order valence-corrected chi connectivity index (χ3v) is 4.88. The Kier molecular flexibility index (Phi) is 4.63. The van der Waals surface area contributed by atoms with Crippen molar-refractivity contribution in [2.24, 2.45) is 5.92 Å². The van der Waals surface area contributed by atoms with Crippen molar-refractivity contribution in [3.63, 3.8) is 0 Å². The Morgan fingerprint density at radius 3 is 3.05 bits per heavy atom. The highest BCUT2D eigenvalue weighted by Gasteiger charge is 2.31. The van der Waals surface area contributed by atoms with E-state index < -0.39 is 0 Å². The number of carbonyl (C=O) groups excluding carboxylic acids is 1. The van der Waals surface area contributed by atoms with Gasteiger partial charge in [-0.2, -0.15) is 0 Å². The number of hydrogen-bond acceptors (Lipinski definition) is 2. The molecular formula is C17H26N2O2. The average Bonchev–Trinajstić information content (AvgIpc) is 3.14. The highest BCUT2D eigenvalue weighted by atomic mass is 16.5. The molecule has 0 bridgehead atoms. The van der Waals surface area contributed by atoms with E-state index in [0.29, 0.717) is 0 Å². The van der Waals surface area contributed by atoms with E-state index in [0.717, 1.165) is 43.8 Å². The summed E-state index contributed by atoms with van der Waals surface area (Å²) in [4.78, 5) is 17.7. The second-order valence-corrected chi connectivity index (χ2v) is 6.58. The number of hydrogen-bond donors (Lipinski definition) is 1. The van der Waals surface area contributed by atoms with E-state index in [1.54, 1.807) is 0 Å². The molecule has 2 fully saturated rings. The third kappa shape index (κ3) is 3.49. The second kappa shape index (κ2) is 6.65. The van der Waals surface area contributed by atoms with Crippen LogP contribution in [-0.2, 0) is 9.53 Å². The molecule has 1 aliphatic heterocycles. The van der Waals surface area contributed by atoms with E-state index in [4.69, 9.17) is 4.74 Å². The summed E-state index contributed by atoms with van der Waals surface area (Å²) < 4.78 is 5.89. The molecule has 1 aromatic heterocycles. The van der Waals surface area contributed by atoms with Crippen molar-refractivity contribution < 1.29 is 9.53 Å². The standard InChI is InChI=1S/C17H26N2O2/c1-13-5-2-6-14(11-13)21-12-17(20)19-10-4-8-16(19)15-7-3-9-18-15/h3,7,9,13-14,16,18H,2,4-6,8,10-12H2,1H3/t13-,14-,16+/m1/s1. The first-order valence-corrected chi connectivity index (χ1v) is 8.28. The lowest BCUT2D eigenvalue weighted by Crippen LogP contribution is -2.35. The predicted molar refractivity (Wildman–Crippen MR) is 81.9 cm³/mol. The summed E-state index contributed by atoms with van der Waals surface area (Å²) in [5.74, 6) is 0.877. The molecule has 4 heteroatoms. The molecule has 0 radical (unpaired) electrons. The van der Waals surface area contributed by atoms with Crippen LogP contribution in [0.25, 0.3) is 0 Å². The van der Waals surface area contributed by atoms with Gasteiger partial charge in [0.15, 0.2) is 0 Å². The van der Waals surface area contributed by atoms with Gasteiger partial charge in [-0.15, -0.1) is 0 Å². The number of likely N-dealkylation sites (tertiary alicyclic amines) is 1. The van der Waals surface area contributed by atoms with Gasteiger partial charge in [-0.3, -0.25) is 4.79 Å². The monoisotopic (exact) mass is 290 g/mol. The summed E-state index contributed by atoms with van der Waals surface area (Å²) in [7, 11) is 0. The number of rotatable bonds is 4. The molecule has 0 unspecified atom stereocenters. The van der Waals surface area contributed by atoms with Crippen molar-refractivity contribution in [3.8, 4) is 0 Å². The molecule has 116 valence electrons. The third-order valence-electron chi connectivity index (χ3n) is 4.88. The van der Waals surface area contributed by atoms with Gasteiger partial charge in [-0.05, 0) is 43.7 Å². The molecule has 0 spiro atoms. The van der Waals surface area contributed by atoms with E-state index >= 15 is 0 Å². The first kappa shape index (κ1) is 14.6. The Morgan fingerprint density at radius 2 is 2.29 bits per heavy atom. The molecule has 21 heavy (non-hydrogen) atoms. The van der Waals surface area contributed by atoms with Crippen molar-refractivity contribution >= 4 is 5.91 Å². The van der Waals surface area contributed by atoms with Gasteiger partial charge >= 0.3 is 0 Å². The van der Waals surface area contributed by atoms with Crippen LogP contribution in [0.3, 0.4) is 0 Å². The summed E-state index contributed by atoms with van der Waals surface area (Å²) in [6, 6.07) is 4.28. The zero-order valence-corrected chi connectivity index (χ0v) is 12.9. The van der Waals surface area contributed by atoms with Crippen molar-refractivity contribution in [3.05, 3.63) is 24.0 Å². The second-order valence-electron chi connectivity index (χ2n) is 6.58. The molecule has 1 saturated carbocycles. The number of nitrogens with zero attached hydrogens (tertiary/aromatic N) is 1. The molecule has 4 nitrogen and oxygen atoms in total. The van der Waals surface area contributed by atoms with Gasteiger partial charge in [-0.1, -0.05) is 19.8 Å². The fourth-order valence-corrected chi connectivity index (χ4v) is 3.74. The minimum atomic E-state index is 0.144. The van der Waals surface area contributed by atoms with Crippen LogP contribution in [0.1, 0.15) is 57.2 Å². The van der Waals surface area contributed by atoms with Crippen LogP contribution < -0.4 is 0 Å². The number of amides is 1.